The van der Waals surface area contributed by atoms with E-state index >= 15 is 0 Å². The number of imidazole rings is 1. The number of fused-ring (bicyclic) bond motifs is 1. The van der Waals surface area contributed by atoms with Gasteiger partial charge < -0.3 is 14.3 Å². The number of carbonyl (C=O) groups excluding carboxylic acids is 1. The summed E-state index contributed by atoms with van der Waals surface area (Å²) < 4.78 is 51.1. The summed E-state index contributed by atoms with van der Waals surface area (Å²) in [5.41, 5.74) is 2.01. The SMILES string of the molecule is Cc1nc(-c2nc(-c3ccc(C)c(NC(=O)c4cnc5ccccn45)c3)no2)c(C(F)(F)F)o1. The zero-order valence-corrected chi connectivity index (χ0v) is 17.7. The maximum atomic E-state index is 13.2. The Balaban J connectivity index is 1.45. The largest absolute Gasteiger partial charge is 0.452 e. The van der Waals surface area contributed by atoms with Crippen LogP contribution in [0.15, 0.2) is 57.7 Å². The third-order valence-electron chi connectivity index (χ3n) is 5.01. The number of oxazole rings is 1. The van der Waals surface area contributed by atoms with Crippen LogP contribution in [0.3, 0.4) is 0 Å². The molecule has 9 nitrogen and oxygen atoms in total. The second-order valence-corrected chi connectivity index (χ2v) is 7.39. The quantitative estimate of drug-likeness (QED) is 0.398. The number of alkyl halides is 3. The van der Waals surface area contributed by atoms with Crippen molar-refractivity contribution >= 4 is 17.2 Å². The number of rotatable bonds is 4. The average Bonchev–Trinajstić information content (AvgIpc) is 3.52. The minimum Gasteiger partial charge on any atom is -0.436 e. The Labute approximate surface area is 189 Å². The zero-order chi connectivity index (χ0) is 24.0. The summed E-state index contributed by atoms with van der Waals surface area (Å²) in [6.45, 7) is 3.08. The molecule has 0 fully saturated rings. The maximum absolute atomic E-state index is 13.2. The summed E-state index contributed by atoms with van der Waals surface area (Å²) in [5.74, 6) is -2.30. The van der Waals surface area contributed by atoms with E-state index in [0.717, 1.165) is 5.56 Å². The van der Waals surface area contributed by atoms with E-state index in [0.29, 0.717) is 22.6 Å². The van der Waals surface area contributed by atoms with Gasteiger partial charge in [-0.15, -0.1) is 0 Å². The second-order valence-electron chi connectivity index (χ2n) is 7.39. The number of amides is 1. The molecule has 4 aromatic heterocycles. The van der Waals surface area contributed by atoms with Gasteiger partial charge in [0.05, 0.1) is 6.20 Å². The smallest absolute Gasteiger partial charge is 0.436 e. The minimum absolute atomic E-state index is 0.0223. The molecule has 0 aliphatic carbocycles. The first-order chi connectivity index (χ1) is 16.2. The van der Waals surface area contributed by atoms with Crippen molar-refractivity contribution in [1.82, 2.24) is 24.5 Å². The van der Waals surface area contributed by atoms with Crippen LogP contribution in [0.2, 0.25) is 0 Å². The monoisotopic (exact) mass is 468 g/mol. The zero-order valence-electron chi connectivity index (χ0n) is 17.7. The predicted octanol–water partition coefficient (Wildman–Crippen LogP) is 4.93. The molecule has 0 spiro atoms. The van der Waals surface area contributed by atoms with Crippen LogP contribution < -0.4 is 5.32 Å². The molecule has 0 bridgehead atoms. The highest BCUT2D eigenvalue weighted by atomic mass is 19.4. The van der Waals surface area contributed by atoms with Crippen LogP contribution in [0, 0.1) is 13.8 Å². The number of hydrogen-bond donors (Lipinski definition) is 1. The van der Waals surface area contributed by atoms with E-state index in [4.69, 9.17) is 4.52 Å². The first kappa shape index (κ1) is 21.4. The van der Waals surface area contributed by atoms with E-state index in [9.17, 15) is 18.0 Å². The molecule has 0 atom stereocenters. The van der Waals surface area contributed by atoms with Gasteiger partial charge in [0.15, 0.2) is 11.6 Å². The van der Waals surface area contributed by atoms with Crippen molar-refractivity contribution in [3.8, 4) is 23.0 Å². The molecule has 0 unspecified atom stereocenters. The van der Waals surface area contributed by atoms with Gasteiger partial charge in [-0.05, 0) is 30.7 Å². The number of hydrogen-bond acceptors (Lipinski definition) is 7. The van der Waals surface area contributed by atoms with Gasteiger partial charge in [-0.1, -0.05) is 23.4 Å². The van der Waals surface area contributed by atoms with Crippen LogP contribution in [0.4, 0.5) is 18.9 Å². The van der Waals surface area contributed by atoms with Crippen molar-refractivity contribution in [3.63, 3.8) is 0 Å². The van der Waals surface area contributed by atoms with Crippen molar-refractivity contribution in [2.45, 2.75) is 20.0 Å². The summed E-state index contributed by atoms with van der Waals surface area (Å²) in [7, 11) is 0. The Hall–Kier alpha value is -4.48. The molecule has 12 heteroatoms. The molecule has 172 valence electrons. The summed E-state index contributed by atoms with van der Waals surface area (Å²) in [4.78, 5) is 24.9. The van der Waals surface area contributed by atoms with Gasteiger partial charge in [-0.25, -0.2) is 9.97 Å². The summed E-state index contributed by atoms with van der Waals surface area (Å²) in [6.07, 6.45) is -1.58. The van der Waals surface area contributed by atoms with Gasteiger partial charge in [-0.2, -0.15) is 18.2 Å². The second kappa shape index (κ2) is 7.83. The topological polar surface area (TPSA) is 111 Å². The molecular weight excluding hydrogens is 453 g/mol. The number of halogens is 3. The van der Waals surface area contributed by atoms with Crippen molar-refractivity contribution in [2.75, 3.05) is 5.32 Å². The number of anilines is 1. The summed E-state index contributed by atoms with van der Waals surface area (Å²) in [5, 5.41) is 6.60. The van der Waals surface area contributed by atoms with E-state index in [-0.39, 0.29) is 17.6 Å². The normalized spacial score (nSPS) is 11.8. The van der Waals surface area contributed by atoms with Gasteiger partial charge in [0.1, 0.15) is 11.3 Å². The lowest BCUT2D eigenvalue weighted by molar-refractivity contribution is -0.152. The number of aromatic nitrogens is 5. The van der Waals surface area contributed by atoms with E-state index in [1.807, 2.05) is 6.07 Å². The molecule has 0 saturated carbocycles. The Morgan fingerprint density at radius 2 is 1.94 bits per heavy atom. The average molecular weight is 468 g/mol. The Morgan fingerprint density at radius 1 is 1.12 bits per heavy atom. The van der Waals surface area contributed by atoms with Crippen LogP contribution in [0.25, 0.3) is 28.6 Å². The Kier molecular flexibility index (Phi) is 4.92. The van der Waals surface area contributed by atoms with Gasteiger partial charge in [0.2, 0.25) is 11.6 Å². The van der Waals surface area contributed by atoms with Crippen molar-refractivity contribution in [3.05, 3.63) is 71.7 Å². The molecule has 0 saturated heterocycles. The number of carbonyl (C=O) groups is 1. The van der Waals surface area contributed by atoms with Gasteiger partial charge in [-0.3, -0.25) is 9.20 Å². The number of nitrogens with one attached hydrogen (secondary N) is 1. The first-order valence-corrected chi connectivity index (χ1v) is 9.94. The Bertz CT molecular complexity index is 1530. The molecule has 1 N–H and O–H groups in total. The van der Waals surface area contributed by atoms with Crippen LogP contribution in [-0.4, -0.2) is 30.4 Å². The molecule has 1 amide bonds. The van der Waals surface area contributed by atoms with Crippen molar-refractivity contribution in [1.29, 1.82) is 0 Å². The lowest BCUT2D eigenvalue weighted by Gasteiger charge is -2.09. The first-order valence-electron chi connectivity index (χ1n) is 9.94. The van der Waals surface area contributed by atoms with Gasteiger partial charge >= 0.3 is 6.18 Å². The predicted molar refractivity (Wildman–Crippen MR) is 113 cm³/mol. The molecule has 5 rings (SSSR count). The maximum Gasteiger partial charge on any atom is 0.452 e. The van der Waals surface area contributed by atoms with Crippen LogP contribution >= 0.6 is 0 Å². The fraction of sp³-hybridized carbons (Fsp3) is 0.136. The van der Waals surface area contributed by atoms with E-state index < -0.39 is 23.5 Å². The van der Waals surface area contributed by atoms with Crippen molar-refractivity contribution < 1.29 is 26.9 Å². The molecule has 0 aliphatic heterocycles. The van der Waals surface area contributed by atoms with Crippen LogP contribution in [0.1, 0.15) is 27.7 Å². The minimum atomic E-state index is -4.77. The number of pyridine rings is 1. The number of nitrogens with zero attached hydrogens (tertiary/aromatic N) is 5. The van der Waals surface area contributed by atoms with Gasteiger partial charge in [0, 0.05) is 24.4 Å². The third kappa shape index (κ3) is 3.78. The lowest BCUT2D eigenvalue weighted by Crippen LogP contribution is -2.15. The van der Waals surface area contributed by atoms with E-state index in [2.05, 4.69) is 29.8 Å². The summed E-state index contributed by atoms with van der Waals surface area (Å²) in [6, 6.07) is 10.4. The third-order valence-corrected chi connectivity index (χ3v) is 5.01. The summed E-state index contributed by atoms with van der Waals surface area (Å²) >= 11 is 0. The van der Waals surface area contributed by atoms with E-state index in [1.54, 1.807) is 47.9 Å². The highest BCUT2D eigenvalue weighted by molar-refractivity contribution is 6.04. The van der Waals surface area contributed by atoms with Crippen molar-refractivity contribution in [2.24, 2.45) is 0 Å². The van der Waals surface area contributed by atoms with Crippen LogP contribution in [0.5, 0.6) is 0 Å². The highest BCUT2D eigenvalue weighted by Gasteiger charge is 2.41. The molecule has 0 radical (unpaired) electrons. The van der Waals surface area contributed by atoms with E-state index in [1.165, 1.54) is 13.1 Å². The molecule has 34 heavy (non-hydrogen) atoms. The number of aryl methyl sites for hydroxylation is 2. The van der Waals surface area contributed by atoms with Gasteiger partial charge in [0.25, 0.3) is 11.8 Å². The molecule has 0 aliphatic rings. The molecule has 1 aromatic carbocycles. The lowest BCUT2D eigenvalue weighted by atomic mass is 10.1. The molecular formula is C22H15F3N6O3. The Morgan fingerprint density at radius 3 is 2.74 bits per heavy atom. The highest BCUT2D eigenvalue weighted by Crippen LogP contribution is 2.37. The molecule has 5 aromatic rings. The fourth-order valence-corrected chi connectivity index (χ4v) is 3.38. The molecule has 4 heterocycles. The fourth-order valence-electron chi connectivity index (χ4n) is 3.38. The standard InChI is InChI=1S/C22H15F3N6O3/c1-11-6-7-13(9-14(11)28-20(32)15-10-26-16-5-3-4-8-31(15)16)19-29-21(34-30-19)17-18(22(23,24)25)33-12(2)27-17/h3-10H,1-2H3,(H,28,32). The number of benzene rings is 1. The van der Waals surface area contributed by atoms with Crippen LogP contribution in [-0.2, 0) is 6.18 Å².